The first kappa shape index (κ1) is 6.87. The van der Waals surface area contributed by atoms with Gasteiger partial charge in [0.1, 0.15) is 0 Å². The Morgan fingerprint density at radius 1 is 1.30 bits per heavy atom. The van der Waals surface area contributed by atoms with E-state index >= 15 is 0 Å². The Kier molecular flexibility index (Phi) is 2.11. The summed E-state index contributed by atoms with van der Waals surface area (Å²) in [6.07, 6.45) is 2.87. The van der Waals surface area contributed by atoms with Crippen molar-refractivity contribution in [2.24, 2.45) is 0 Å². The molecule has 0 bridgehead atoms. The average molecular weight is 139 g/mol. The molecule has 1 amide bonds. The molecular weight excluding hydrogens is 130 g/mol. The van der Waals surface area contributed by atoms with E-state index in [2.05, 4.69) is 0 Å². The standard InChI is InChI=1S/C6H9N3O/c7-5-8-1-3-9(6-10)4-2-8/h6H,1-4H2. The van der Waals surface area contributed by atoms with Gasteiger partial charge in [-0.15, -0.1) is 0 Å². The number of nitriles is 1. The van der Waals surface area contributed by atoms with E-state index < -0.39 is 0 Å². The minimum atomic E-state index is 0.676. The summed E-state index contributed by atoms with van der Waals surface area (Å²) in [6, 6.07) is 0. The van der Waals surface area contributed by atoms with Crippen LogP contribution in [-0.2, 0) is 4.79 Å². The molecule has 1 aliphatic rings. The van der Waals surface area contributed by atoms with Crippen LogP contribution in [0.15, 0.2) is 0 Å². The summed E-state index contributed by atoms with van der Waals surface area (Å²) in [4.78, 5) is 13.5. The molecule has 1 aliphatic heterocycles. The van der Waals surface area contributed by atoms with Crippen molar-refractivity contribution < 1.29 is 4.79 Å². The van der Waals surface area contributed by atoms with Crippen LogP contribution >= 0.6 is 0 Å². The second-order valence-electron chi connectivity index (χ2n) is 2.23. The van der Waals surface area contributed by atoms with Gasteiger partial charge in [0.2, 0.25) is 6.41 Å². The van der Waals surface area contributed by atoms with Gasteiger partial charge in [-0.1, -0.05) is 0 Å². The van der Waals surface area contributed by atoms with Crippen LogP contribution in [0, 0.1) is 11.5 Å². The quantitative estimate of drug-likeness (QED) is 0.354. The molecule has 0 saturated carbocycles. The highest BCUT2D eigenvalue weighted by atomic mass is 16.1. The van der Waals surface area contributed by atoms with Crippen LogP contribution in [0.4, 0.5) is 0 Å². The Morgan fingerprint density at radius 3 is 2.30 bits per heavy atom. The topological polar surface area (TPSA) is 47.3 Å². The summed E-state index contributed by atoms with van der Waals surface area (Å²) in [5.74, 6) is 0. The van der Waals surface area contributed by atoms with Gasteiger partial charge in [0.05, 0.1) is 0 Å². The maximum atomic E-state index is 10.2. The fraction of sp³-hybridized carbons (Fsp3) is 0.667. The minimum absolute atomic E-state index is 0.676. The van der Waals surface area contributed by atoms with Gasteiger partial charge in [0.25, 0.3) is 0 Å². The van der Waals surface area contributed by atoms with E-state index in [0.29, 0.717) is 26.2 Å². The Balaban J connectivity index is 2.32. The molecule has 0 N–H and O–H groups in total. The highest BCUT2D eigenvalue weighted by Gasteiger charge is 2.12. The van der Waals surface area contributed by atoms with Gasteiger partial charge in [-0.3, -0.25) is 4.79 Å². The minimum Gasteiger partial charge on any atom is -0.342 e. The molecular formula is C6H9N3O. The van der Waals surface area contributed by atoms with Crippen molar-refractivity contribution in [3.05, 3.63) is 0 Å². The number of amides is 1. The lowest BCUT2D eigenvalue weighted by Gasteiger charge is -2.28. The van der Waals surface area contributed by atoms with Crippen molar-refractivity contribution in [2.75, 3.05) is 26.2 Å². The maximum absolute atomic E-state index is 10.2. The van der Waals surface area contributed by atoms with Gasteiger partial charge < -0.3 is 9.80 Å². The monoisotopic (exact) mass is 139 g/mol. The van der Waals surface area contributed by atoms with E-state index in [1.54, 1.807) is 9.80 Å². The van der Waals surface area contributed by atoms with E-state index in [-0.39, 0.29) is 0 Å². The zero-order valence-electron chi connectivity index (χ0n) is 5.66. The summed E-state index contributed by atoms with van der Waals surface area (Å²) in [7, 11) is 0. The molecule has 1 saturated heterocycles. The van der Waals surface area contributed by atoms with Gasteiger partial charge in [0, 0.05) is 26.2 Å². The van der Waals surface area contributed by atoms with E-state index in [4.69, 9.17) is 5.26 Å². The summed E-state index contributed by atoms with van der Waals surface area (Å²) in [5, 5.41) is 8.42. The molecule has 0 aromatic rings. The van der Waals surface area contributed by atoms with Crippen LogP contribution in [-0.4, -0.2) is 42.4 Å². The molecule has 0 spiro atoms. The summed E-state index contributed by atoms with van der Waals surface area (Å²) < 4.78 is 0. The summed E-state index contributed by atoms with van der Waals surface area (Å²) in [5.41, 5.74) is 0. The smallest absolute Gasteiger partial charge is 0.209 e. The second-order valence-corrected chi connectivity index (χ2v) is 2.23. The SMILES string of the molecule is N#CN1CCN(C=O)CC1. The normalized spacial score (nSPS) is 18.3. The van der Waals surface area contributed by atoms with E-state index in [9.17, 15) is 4.79 Å². The maximum Gasteiger partial charge on any atom is 0.209 e. The third-order valence-electron chi connectivity index (χ3n) is 1.60. The lowest BCUT2D eigenvalue weighted by Crippen LogP contribution is -2.43. The van der Waals surface area contributed by atoms with Crippen molar-refractivity contribution in [3.8, 4) is 6.19 Å². The molecule has 0 aromatic heterocycles. The average Bonchev–Trinajstić information content (AvgIpc) is 2.05. The number of hydrogen-bond donors (Lipinski definition) is 0. The lowest BCUT2D eigenvalue weighted by molar-refractivity contribution is -0.119. The Morgan fingerprint density at radius 2 is 1.90 bits per heavy atom. The number of nitrogens with zero attached hydrogens (tertiary/aromatic N) is 3. The summed E-state index contributed by atoms with van der Waals surface area (Å²) >= 11 is 0. The predicted octanol–water partition coefficient (Wildman–Crippen LogP) is -0.759. The molecule has 1 heterocycles. The summed E-state index contributed by atoms with van der Waals surface area (Å²) in [6.45, 7) is 2.71. The van der Waals surface area contributed by atoms with Crippen molar-refractivity contribution in [2.45, 2.75) is 0 Å². The van der Waals surface area contributed by atoms with Gasteiger partial charge in [0.15, 0.2) is 6.19 Å². The lowest BCUT2D eigenvalue weighted by atomic mass is 10.4. The second kappa shape index (κ2) is 3.06. The van der Waals surface area contributed by atoms with Crippen LogP contribution in [0.1, 0.15) is 0 Å². The molecule has 10 heavy (non-hydrogen) atoms. The van der Waals surface area contributed by atoms with E-state index in [1.807, 2.05) is 6.19 Å². The fourth-order valence-electron chi connectivity index (χ4n) is 0.927. The van der Waals surface area contributed by atoms with Gasteiger partial charge in [-0.2, -0.15) is 5.26 Å². The zero-order valence-corrected chi connectivity index (χ0v) is 5.66. The first-order valence-electron chi connectivity index (χ1n) is 3.21. The number of carbonyl (C=O) groups is 1. The molecule has 0 radical (unpaired) electrons. The van der Waals surface area contributed by atoms with E-state index in [1.165, 1.54) is 0 Å². The fourth-order valence-corrected chi connectivity index (χ4v) is 0.927. The van der Waals surface area contributed by atoms with Crippen LogP contribution in [0.2, 0.25) is 0 Å². The van der Waals surface area contributed by atoms with Crippen LogP contribution in [0.25, 0.3) is 0 Å². The van der Waals surface area contributed by atoms with Crippen LogP contribution in [0.5, 0.6) is 0 Å². The van der Waals surface area contributed by atoms with Crippen molar-refractivity contribution in [3.63, 3.8) is 0 Å². The third kappa shape index (κ3) is 1.38. The van der Waals surface area contributed by atoms with Crippen molar-refractivity contribution >= 4 is 6.41 Å². The number of carbonyl (C=O) groups excluding carboxylic acids is 1. The first-order valence-corrected chi connectivity index (χ1v) is 3.21. The number of hydrogen-bond acceptors (Lipinski definition) is 3. The number of rotatable bonds is 1. The third-order valence-corrected chi connectivity index (χ3v) is 1.60. The predicted molar refractivity (Wildman–Crippen MR) is 34.8 cm³/mol. The van der Waals surface area contributed by atoms with E-state index in [0.717, 1.165) is 6.41 Å². The van der Waals surface area contributed by atoms with Crippen molar-refractivity contribution in [1.82, 2.24) is 9.80 Å². The molecule has 0 atom stereocenters. The molecule has 0 unspecified atom stereocenters. The number of piperazine rings is 1. The molecule has 54 valence electrons. The molecule has 1 fully saturated rings. The molecule has 0 aliphatic carbocycles. The van der Waals surface area contributed by atoms with Crippen molar-refractivity contribution in [1.29, 1.82) is 5.26 Å². The molecule has 0 aromatic carbocycles. The highest BCUT2D eigenvalue weighted by Crippen LogP contribution is 1.95. The van der Waals surface area contributed by atoms with Gasteiger partial charge in [-0.25, -0.2) is 0 Å². The van der Waals surface area contributed by atoms with Gasteiger partial charge >= 0.3 is 0 Å². The Labute approximate surface area is 59.6 Å². The Bertz CT molecular complexity index is 155. The highest BCUT2D eigenvalue weighted by molar-refractivity contribution is 5.47. The molecule has 4 nitrogen and oxygen atoms in total. The zero-order chi connectivity index (χ0) is 7.40. The Hall–Kier alpha value is -1.24. The largest absolute Gasteiger partial charge is 0.342 e. The van der Waals surface area contributed by atoms with Crippen LogP contribution < -0.4 is 0 Å². The first-order chi connectivity index (χ1) is 4.86. The molecule has 4 heteroatoms. The van der Waals surface area contributed by atoms with Crippen LogP contribution in [0.3, 0.4) is 0 Å². The van der Waals surface area contributed by atoms with Gasteiger partial charge in [-0.05, 0) is 0 Å². The molecule has 1 rings (SSSR count).